The van der Waals surface area contributed by atoms with Gasteiger partial charge in [-0.05, 0) is 37.0 Å². The largest absolute Gasteiger partial charge is 0.479 e. The summed E-state index contributed by atoms with van der Waals surface area (Å²) in [5, 5.41) is 14.1. The Kier molecular flexibility index (Phi) is 6.90. The fraction of sp³-hybridized carbons (Fsp3) is 0.417. The van der Waals surface area contributed by atoms with Crippen molar-refractivity contribution in [3.05, 3.63) is 74.4 Å². The minimum atomic E-state index is -4.96. The topological polar surface area (TPSA) is 102 Å². The molecule has 1 fully saturated rings. The molecule has 0 bridgehead atoms. The second-order valence-corrected chi connectivity index (χ2v) is 9.48. The van der Waals surface area contributed by atoms with Gasteiger partial charge >= 0.3 is 12.1 Å². The summed E-state index contributed by atoms with van der Waals surface area (Å²) >= 11 is 6.42. The maximum atomic E-state index is 13.6. The fourth-order valence-electron chi connectivity index (χ4n) is 4.95. The van der Waals surface area contributed by atoms with Gasteiger partial charge in [0.2, 0.25) is 0 Å². The first-order valence-corrected chi connectivity index (χ1v) is 12.2. The van der Waals surface area contributed by atoms with Crippen LogP contribution >= 0.6 is 11.6 Å². The van der Waals surface area contributed by atoms with E-state index in [9.17, 15) is 32.3 Å². The molecule has 1 saturated heterocycles. The van der Waals surface area contributed by atoms with E-state index in [4.69, 9.17) is 16.3 Å². The van der Waals surface area contributed by atoms with Gasteiger partial charge in [-0.1, -0.05) is 17.7 Å². The number of hydrogen-bond acceptors (Lipinski definition) is 6. The van der Waals surface area contributed by atoms with Crippen molar-refractivity contribution in [1.29, 1.82) is 0 Å². The number of rotatable bonds is 5. The molecule has 0 amide bonds. The molecule has 2 aromatic heterocycles. The number of aliphatic carboxylic acids is 1. The number of carboxylic acids is 1. The molecule has 2 aliphatic rings. The molecule has 9 nitrogen and oxygen atoms in total. The van der Waals surface area contributed by atoms with Crippen LogP contribution in [0.15, 0.2) is 35.5 Å². The number of aromatic nitrogens is 4. The van der Waals surface area contributed by atoms with Gasteiger partial charge in [0, 0.05) is 25.3 Å². The second-order valence-electron chi connectivity index (χ2n) is 9.10. The van der Waals surface area contributed by atoms with Crippen LogP contribution < -0.4 is 10.5 Å². The summed E-state index contributed by atoms with van der Waals surface area (Å²) in [4.78, 5) is 31.1. The highest BCUT2D eigenvalue weighted by molar-refractivity contribution is 6.33. The maximum Gasteiger partial charge on any atom is 0.416 e. The van der Waals surface area contributed by atoms with Gasteiger partial charge in [-0.15, -0.1) is 0 Å². The van der Waals surface area contributed by atoms with Crippen LogP contribution in [-0.2, 0) is 28.7 Å². The van der Waals surface area contributed by atoms with Crippen LogP contribution in [0.25, 0.3) is 0 Å². The summed E-state index contributed by atoms with van der Waals surface area (Å²) in [5.74, 6) is -2.68. The zero-order valence-corrected chi connectivity index (χ0v) is 20.5. The summed E-state index contributed by atoms with van der Waals surface area (Å²) in [5.41, 5.74) is -1.29. The lowest BCUT2D eigenvalue weighted by Gasteiger charge is -2.31. The monoisotopic (exact) mass is 555 g/mol. The van der Waals surface area contributed by atoms with E-state index in [2.05, 4.69) is 10.1 Å². The van der Waals surface area contributed by atoms with Crippen molar-refractivity contribution in [1.82, 2.24) is 19.3 Å². The Hall–Kier alpha value is -3.45. The number of carbonyl (C=O) groups is 1. The first-order valence-electron chi connectivity index (χ1n) is 11.8. The lowest BCUT2D eigenvalue weighted by molar-refractivity contribution is -0.142. The molecular weight excluding hydrogens is 534 g/mol. The van der Waals surface area contributed by atoms with Gasteiger partial charge in [0.15, 0.2) is 12.3 Å². The molecule has 1 N–H and O–H groups in total. The molecule has 4 heterocycles. The van der Waals surface area contributed by atoms with Gasteiger partial charge < -0.3 is 19.3 Å². The third-order valence-electron chi connectivity index (χ3n) is 6.76. The molecule has 0 saturated carbocycles. The van der Waals surface area contributed by atoms with E-state index >= 15 is 0 Å². The van der Waals surface area contributed by atoms with E-state index in [1.54, 1.807) is 4.90 Å². The smallest absolute Gasteiger partial charge is 0.416 e. The van der Waals surface area contributed by atoms with E-state index in [0.717, 1.165) is 35.9 Å². The number of fused-ring (bicyclic) bond motifs is 1. The van der Waals surface area contributed by atoms with Gasteiger partial charge in [-0.25, -0.2) is 14.2 Å². The summed E-state index contributed by atoms with van der Waals surface area (Å²) in [6.07, 6.45) is -0.194. The van der Waals surface area contributed by atoms with Crippen LogP contribution in [0.5, 0.6) is 0 Å². The Balaban J connectivity index is 1.46. The third kappa shape index (κ3) is 4.75. The van der Waals surface area contributed by atoms with E-state index in [1.165, 1.54) is 10.9 Å². The summed E-state index contributed by atoms with van der Waals surface area (Å²) in [6, 6.07) is 0.127. The highest BCUT2D eigenvalue weighted by atomic mass is 35.5. The van der Waals surface area contributed by atoms with Gasteiger partial charge in [-0.2, -0.15) is 23.0 Å². The number of benzene rings is 1. The van der Waals surface area contributed by atoms with Crippen molar-refractivity contribution in [2.45, 2.75) is 50.7 Å². The molecule has 1 aromatic carbocycles. The van der Waals surface area contributed by atoms with E-state index < -0.39 is 46.9 Å². The number of carboxylic acid groups (broad SMARTS) is 1. The SMILES string of the molecule is O=C(O)C(c1ccc(F)cc1C(F)(F)F)n1cnc2c1CCN(c1cnn(C3CCCCO3)c(=O)c1Cl)C2. The van der Waals surface area contributed by atoms with E-state index in [-0.39, 0.29) is 30.6 Å². The second kappa shape index (κ2) is 10.0. The zero-order chi connectivity index (χ0) is 27.2. The van der Waals surface area contributed by atoms with Crippen LogP contribution in [-0.4, -0.2) is 43.6 Å². The van der Waals surface area contributed by atoms with Crippen molar-refractivity contribution < 1.29 is 32.2 Å². The van der Waals surface area contributed by atoms with Crippen molar-refractivity contribution in [2.75, 3.05) is 18.1 Å². The number of anilines is 1. The average molecular weight is 556 g/mol. The molecule has 0 radical (unpaired) electrons. The van der Waals surface area contributed by atoms with Gasteiger partial charge in [0.25, 0.3) is 5.56 Å². The molecule has 5 rings (SSSR count). The predicted octanol–water partition coefficient (Wildman–Crippen LogP) is 4.19. The Morgan fingerprint density at radius 2 is 2.05 bits per heavy atom. The first-order chi connectivity index (χ1) is 18.1. The minimum Gasteiger partial charge on any atom is -0.479 e. The molecule has 0 aliphatic carbocycles. The lowest BCUT2D eigenvalue weighted by Crippen LogP contribution is -2.36. The summed E-state index contributed by atoms with van der Waals surface area (Å²) in [6.45, 7) is 0.913. The number of halogens is 5. The van der Waals surface area contributed by atoms with Crippen LogP contribution in [0.4, 0.5) is 23.2 Å². The predicted molar refractivity (Wildman–Crippen MR) is 127 cm³/mol. The van der Waals surface area contributed by atoms with Crippen molar-refractivity contribution in [2.24, 2.45) is 0 Å². The Morgan fingerprint density at radius 3 is 2.74 bits per heavy atom. The van der Waals surface area contributed by atoms with Crippen LogP contribution in [0.1, 0.15) is 54.0 Å². The van der Waals surface area contributed by atoms with Gasteiger partial charge in [-0.3, -0.25) is 4.79 Å². The van der Waals surface area contributed by atoms with Crippen molar-refractivity contribution >= 4 is 23.3 Å². The summed E-state index contributed by atoms with van der Waals surface area (Å²) < 4.78 is 62.6. The minimum absolute atomic E-state index is 0.0541. The molecule has 2 aliphatic heterocycles. The number of nitrogens with zero attached hydrogens (tertiary/aromatic N) is 5. The maximum absolute atomic E-state index is 13.6. The molecule has 0 spiro atoms. The standard InChI is InChI=1S/C24H22ClF4N5O4/c25-20-18(10-31-34(22(20)35)19-3-1-2-8-38-19)32-7-6-17-16(11-32)30-12-33(17)21(23(36)37)14-5-4-13(26)9-15(14)24(27,28)29/h4-5,9-10,12,19,21H,1-3,6-8,11H2,(H,36,37). The van der Waals surface area contributed by atoms with Crippen molar-refractivity contribution in [3.8, 4) is 0 Å². The molecule has 38 heavy (non-hydrogen) atoms. The number of imidazole rings is 1. The van der Waals surface area contributed by atoms with Crippen molar-refractivity contribution in [3.63, 3.8) is 0 Å². The molecule has 2 atom stereocenters. The van der Waals surface area contributed by atoms with Gasteiger partial charge in [0.1, 0.15) is 10.8 Å². The molecule has 202 valence electrons. The molecule has 3 aromatic rings. The average Bonchev–Trinajstić information content (AvgIpc) is 3.29. The molecule has 2 unspecified atom stereocenters. The zero-order valence-electron chi connectivity index (χ0n) is 19.8. The number of alkyl halides is 3. The Bertz CT molecular complexity index is 1430. The number of ether oxygens (including phenoxy) is 1. The third-order valence-corrected chi connectivity index (χ3v) is 7.12. The van der Waals surface area contributed by atoms with E-state index in [1.807, 2.05) is 0 Å². The Labute approximate surface area is 218 Å². The fourth-order valence-corrected chi connectivity index (χ4v) is 5.21. The number of hydrogen-bond donors (Lipinski definition) is 1. The van der Waals surface area contributed by atoms with Gasteiger partial charge in [0.05, 0.1) is 36.0 Å². The van der Waals surface area contributed by atoms with Crippen LogP contribution in [0.2, 0.25) is 5.02 Å². The van der Waals surface area contributed by atoms with E-state index in [0.29, 0.717) is 30.1 Å². The first kappa shape index (κ1) is 26.2. The van der Waals surface area contributed by atoms with Crippen LogP contribution in [0.3, 0.4) is 0 Å². The normalized spacial score (nSPS) is 18.8. The summed E-state index contributed by atoms with van der Waals surface area (Å²) in [7, 11) is 0. The quantitative estimate of drug-likeness (QED) is 0.471. The highest BCUT2D eigenvalue weighted by Crippen LogP contribution is 2.38. The highest BCUT2D eigenvalue weighted by Gasteiger charge is 2.39. The molecular formula is C24H22ClF4N5O4. The lowest BCUT2D eigenvalue weighted by atomic mass is 9.98. The van der Waals surface area contributed by atoms with Crippen LogP contribution in [0, 0.1) is 5.82 Å². The Morgan fingerprint density at radius 1 is 1.26 bits per heavy atom. The molecule has 14 heteroatoms.